The number of aromatic carboxylic acids is 1. The monoisotopic (exact) mass is 413 g/mol. The van der Waals surface area contributed by atoms with E-state index in [1.807, 2.05) is 17.5 Å². The van der Waals surface area contributed by atoms with Gasteiger partial charge in [0.05, 0.1) is 23.7 Å². The summed E-state index contributed by atoms with van der Waals surface area (Å²) in [6, 6.07) is 7.26. The Morgan fingerprint density at radius 3 is 2.76 bits per heavy atom. The number of primary amides is 1. The second kappa shape index (κ2) is 7.47. The second-order valence-electron chi connectivity index (χ2n) is 6.40. The number of amides is 1. The number of hydrogen-bond acceptors (Lipinski definition) is 7. The highest BCUT2D eigenvalue weighted by Gasteiger charge is 2.41. The van der Waals surface area contributed by atoms with Gasteiger partial charge in [-0.15, -0.1) is 11.3 Å². The lowest BCUT2D eigenvalue weighted by atomic mass is 10.0. The standard InChI is InChI=1S/C19H16FN5O3S/c20-16-10(3-1-6-22-16)12(9-14(21)26)25-15-11(19(27)28)5-7-23-17(15)24-18(25)13-4-2-8-29-13/h1-8,12,18H,9H2,(H2,21,26)(H,23,24)(H,27,28). The van der Waals surface area contributed by atoms with Gasteiger partial charge in [-0.05, 0) is 23.6 Å². The van der Waals surface area contributed by atoms with Crippen molar-refractivity contribution in [2.45, 2.75) is 18.6 Å². The number of nitrogens with two attached hydrogens (primary N) is 1. The van der Waals surface area contributed by atoms with Gasteiger partial charge in [0.15, 0.2) is 5.82 Å². The molecule has 2 atom stereocenters. The molecule has 0 saturated heterocycles. The maximum atomic E-state index is 14.6. The third-order valence-electron chi connectivity index (χ3n) is 4.65. The molecule has 10 heteroatoms. The first-order valence-corrected chi connectivity index (χ1v) is 9.54. The molecular formula is C19H16FN5O3S. The van der Waals surface area contributed by atoms with E-state index < -0.39 is 30.0 Å². The number of carboxylic acid groups (broad SMARTS) is 1. The van der Waals surface area contributed by atoms with Crippen LogP contribution in [0.3, 0.4) is 0 Å². The fraction of sp³-hybridized carbons (Fsp3) is 0.158. The van der Waals surface area contributed by atoms with Crippen LogP contribution in [0, 0.1) is 5.95 Å². The van der Waals surface area contributed by atoms with Crippen molar-refractivity contribution in [2.24, 2.45) is 5.73 Å². The largest absolute Gasteiger partial charge is 0.478 e. The molecule has 0 aromatic carbocycles. The van der Waals surface area contributed by atoms with Crippen LogP contribution in [0.15, 0.2) is 48.1 Å². The molecular weight excluding hydrogens is 397 g/mol. The average molecular weight is 413 g/mol. The highest BCUT2D eigenvalue weighted by atomic mass is 32.1. The average Bonchev–Trinajstić information content (AvgIpc) is 3.33. The highest BCUT2D eigenvalue weighted by molar-refractivity contribution is 7.10. The number of thiophene rings is 1. The van der Waals surface area contributed by atoms with Gasteiger partial charge in [0.2, 0.25) is 11.9 Å². The van der Waals surface area contributed by atoms with Crippen molar-refractivity contribution in [3.63, 3.8) is 0 Å². The molecule has 0 radical (unpaired) electrons. The first kappa shape index (κ1) is 18.8. The molecule has 3 aromatic rings. The van der Waals surface area contributed by atoms with Crippen LogP contribution in [-0.4, -0.2) is 27.0 Å². The third-order valence-corrected chi connectivity index (χ3v) is 5.58. The lowest BCUT2D eigenvalue weighted by molar-refractivity contribution is -0.118. The molecule has 1 amide bonds. The van der Waals surface area contributed by atoms with Gasteiger partial charge in [-0.2, -0.15) is 4.39 Å². The van der Waals surface area contributed by atoms with Crippen molar-refractivity contribution in [3.8, 4) is 0 Å². The van der Waals surface area contributed by atoms with E-state index >= 15 is 0 Å². The molecule has 1 aliphatic rings. The number of halogens is 1. The SMILES string of the molecule is NC(=O)CC(c1cccnc1F)N1c2c(C(=O)O)ccnc2NC1c1cccs1. The molecule has 0 fully saturated rings. The van der Waals surface area contributed by atoms with Crippen LogP contribution < -0.4 is 16.0 Å². The minimum atomic E-state index is -1.16. The normalized spacial score (nSPS) is 16.2. The van der Waals surface area contributed by atoms with E-state index in [1.165, 1.54) is 35.9 Å². The summed E-state index contributed by atoms with van der Waals surface area (Å²) in [5, 5.41) is 14.8. The predicted molar refractivity (Wildman–Crippen MR) is 105 cm³/mol. The fourth-order valence-corrected chi connectivity index (χ4v) is 4.28. The van der Waals surface area contributed by atoms with Crippen molar-refractivity contribution in [1.82, 2.24) is 9.97 Å². The van der Waals surface area contributed by atoms with E-state index in [2.05, 4.69) is 15.3 Å². The Morgan fingerprint density at radius 2 is 2.10 bits per heavy atom. The molecule has 0 spiro atoms. The summed E-state index contributed by atoms with van der Waals surface area (Å²) < 4.78 is 14.6. The Kier molecular flexibility index (Phi) is 4.85. The van der Waals surface area contributed by atoms with Crippen LogP contribution >= 0.6 is 11.3 Å². The van der Waals surface area contributed by atoms with Crippen LogP contribution in [0.1, 0.15) is 39.4 Å². The van der Waals surface area contributed by atoms with Crippen LogP contribution in [0.2, 0.25) is 0 Å². The van der Waals surface area contributed by atoms with Crippen molar-refractivity contribution in [1.29, 1.82) is 0 Å². The van der Waals surface area contributed by atoms with E-state index in [9.17, 15) is 19.1 Å². The molecule has 4 N–H and O–H groups in total. The third kappa shape index (κ3) is 3.38. The van der Waals surface area contributed by atoms with E-state index in [0.29, 0.717) is 5.82 Å². The number of carbonyl (C=O) groups is 2. The van der Waals surface area contributed by atoms with Crippen LogP contribution in [0.25, 0.3) is 0 Å². The minimum Gasteiger partial charge on any atom is -0.478 e. The first-order chi connectivity index (χ1) is 14.0. The predicted octanol–water partition coefficient (Wildman–Crippen LogP) is 2.92. The van der Waals surface area contributed by atoms with E-state index in [0.717, 1.165) is 4.88 Å². The number of fused-ring (bicyclic) bond motifs is 1. The summed E-state index contributed by atoms with van der Waals surface area (Å²) in [4.78, 5) is 34.2. The molecule has 8 nitrogen and oxygen atoms in total. The van der Waals surface area contributed by atoms with Crippen molar-refractivity contribution in [3.05, 3.63) is 70.1 Å². The Labute approximate surface area is 168 Å². The van der Waals surface area contributed by atoms with Crippen molar-refractivity contribution >= 4 is 34.7 Å². The summed E-state index contributed by atoms with van der Waals surface area (Å²) in [7, 11) is 0. The van der Waals surface area contributed by atoms with Crippen molar-refractivity contribution < 1.29 is 19.1 Å². The molecule has 4 rings (SSSR count). The second-order valence-corrected chi connectivity index (χ2v) is 7.38. The summed E-state index contributed by atoms with van der Waals surface area (Å²) in [6.45, 7) is 0. The molecule has 0 bridgehead atoms. The molecule has 0 saturated carbocycles. The quantitative estimate of drug-likeness (QED) is 0.531. The van der Waals surface area contributed by atoms with Gasteiger partial charge in [0, 0.05) is 22.8 Å². The molecule has 2 unspecified atom stereocenters. The zero-order valence-electron chi connectivity index (χ0n) is 14.9. The van der Waals surface area contributed by atoms with E-state index in [1.54, 1.807) is 11.0 Å². The molecule has 3 aromatic heterocycles. The number of anilines is 2. The van der Waals surface area contributed by atoms with Crippen molar-refractivity contribution in [2.75, 3.05) is 10.2 Å². The van der Waals surface area contributed by atoms with Gasteiger partial charge >= 0.3 is 5.97 Å². The maximum absolute atomic E-state index is 14.6. The molecule has 4 heterocycles. The van der Waals surface area contributed by atoms with E-state index in [4.69, 9.17) is 5.73 Å². The van der Waals surface area contributed by atoms with E-state index in [-0.39, 0.29) is 23.2 Å². The topological polar surface area (TPSA) is 121 Å². The van der Waals surface area contributed by atoms with Gasteiger partial charge in [-0.1, -0.05) is 12.1 Å². The van der Waals surface area contributed by atoms with Gasteiger partial charge in [-0.25, -0.2) is 14.8 Å². The highest BCUT2D eigenvalue weighted by Crippen LogP contribution is 2.48. The molecule has 29 heavy (non-hydrogen) atoms. The number of nitrogens with zero attached hydrogens (tertiary/aromatic N) is 3. The van der Waals surface area contributed by atoms with Crippen LogP contribution in [0.5, 0.6) is 0 Å². The Hall–Kier alpha value is -3.53. The lowest BCUT2D eigenvalue weighted by Gasteiger charge is -2.34. The molecule has 0 aliphatic carbocycles. The number of carbonyl (C=O) groups excluding carboxylic acids is 1. The number of carboxylic acids is 1. The minimum absolute atomic E-state index is 0.0136. The zero-order valence-corrected chi connectivity index (χ0v) is 15.8. The van der Waals surface area contributed by atoms with Gasteiger partial charge in [-0.3, -0.25) is 4.79 Å². The van der Waals surface area contributed by atoms with Crippen LogP contribution in [-0.2, 0) is 4.79 Å². The number of rotatable bonds is 6. The Morgan fingerprint density at radius 1 is 1.28 bits per heavy atom. The first-order valence-electron chi connectivity index (χ1n) is 8.66. The summed E-state index contributed by atoms with van der Waals surface area (Å²) in [5.41, 5.74) is 5.87. The van der Waals surface area contributed by atoms with Crippen LogP contribution in [0.4, 0.5) is 15.9 Å². The number of aromatic nitrogens is 2. The summed E-state index contributed by atoms with van der Waals surface area (Å²) in [5.74, 6) is -2.23. The Bertz CT molecular complexity index is 1080. The van der Waals surface area contributed by atoms with Gasteiger partial charge < -0.3 is 21.1 Å². The fourth-order valence-electron chi connectivity index (χ4n) is 3.51. The summed E-state index contributed by atoms with van der Waals surface area (Å²) in [6.07, 6.45) is 1.90. The van der Waals surface area contributed by atoms with Gasteiger partial charge in [0.1, 0.15) is 6.17 Å². The summed E-state index contributed by atoms with van der Waals surface area (Å²) >= 11 is 1.44. The Balaban J connectivity index is 1.94. The number of hydrogen-bond donors (Lipinski definition) is 3. The molecule has 148 valence electrons. The lowest BCUT2D eigenvalue weighted by Crippen LogP contribution is -2.35. The number of nitrogens with one attached hydrogen (secondary N) is 1. The number of pyridine rings is 2. The van der Waals surface area contributed by atoms with Gasteiger partial charge in [0.25, 0.3) is 0 Å². The maximum Gasteiger partial charge on any atom is 0.338 e. The zero-order chi connectivity index (χ0) is 20.5. The smallest absolute Gasteiger partial charge is 0.338 e. The molecule has 1 aliphatic heterocycles.